The first-order chi connectivity index (χ1) is 17.4. The van der Waals surface area contributed by atoms with Crippen molar-refractivity contribution in [3.8, 4) is 17.0 Å². The zero-order chi connectivity index (χ0) is 25.2. The van der Waals surface area contributed by atoms with Crippen LogP contribution >= 0.6 is 11.6 Å². The number of nitrogens with zero attached hydrogens (tertiary/aromatic N) is 1. The van der Waals surface area contributed by atoms with E-state index in [1.165, 1.54) is 11.1 Å². The number of morpholine rings is 1. The van der Waals surface area contributed by atoms with Gasteiger partial charge in [0.15, 0.2) is 0 Å². The minimum absolute atomic E-state index is 0.0485. The van der Waals surface area contributed by atoms with Gasteiger partial charge in [-0.1, -0.05) is 36.3 Å². The molecule has 36 heavy (non-hydrogen) atoms. The molecule has 2 fully saturated rings. The van der Waals surface area contributed by atoms with Gasteiger partial charge in [-0.2, -0.15) is 0 Å². The average Bonchev–Trinajstić information content (AvgIpc) is 2.89. The second kappa shape index (κ2) is 10.3. The molecule has 0 spiro atoms. The fourth-order valence-corrected chi connectivity index (χ4v) is 6.52. The van der Waals surface area contributed by atoms with Crippen molar-refractivity contribution in [3.05, 3.63) is 70.8 Å². The number of rotatable bonds is 4. The number of halogens is 1. The third-order valence-electron chi connectivity index (χ3n) is 8.27. The zero-order valence-corrected chi connectivity index (χ0v) is 21.1. The molecule has 6 heteroatoms. The topological polar surface area (TPSA) is 70.0 Å². The third-order valence-corrected chi connectivity index (χ3v) is 8.36. The van der Waals surface area contributed by atoms with E-state index in [-0.39, 0.29) is 17.2 Å². The number of benzene rings is 2. The van der Waals surface area contributed by atoms with Crippen molar-refractivity contribution in [2.24, 2.45) is 5.92 Å². The van der Waals surface area contributed by atoms with Crippen molar-refractivity contribution < 1.29 is 19.7 Å². The van der Waals surface area contributed by atoms with Gasteiger partial charge in [-0.05, 0) is 97.0 Å². The lowest BCUT2D eigenvalue weighted by Gasteiger charge is -2.52. The summed E-state index contributed by atoms with van der Waals surface area (Å²) in [6.07, 6.45) is 8.93. The predicted octanol–water partition coefficient (Wildman–Crippen LogP) is 4.88. The minimum Gasteiger partial charge on any atom is -0.508 e. The summed E-state index contributed by atoms with van der Waals surface area (Å²) in [5, 5.41) is 23.5. The second-order valence-corrected chi connectivity index (χ2v) is 10.5. The van der Waals surface area contributed by atoms with Crippen LogP contribution in [0.2, 0.25) is 0 Å². The summed E-state index contributed by atoms with van der Waals surface area (Å²) in [4.78, 5) is 14.6. The first kappa shape index (κ1) is 24.9. The summed E-state index contributed by atoms with van der Waals surface area (Å²) in [6, 6.07) is 13.5. The number of hydrogen-bond acceptors (Lipinski definition) is 4. The van der Waals surface area contributed by atoms with E-state index in [1.54, 1.807) is 6.07 Å². The van der Waals surface area contributed by atoms with Crippen LogP contribution in [-0.2, 0) is 16.6 Å². The van der Waals surface area contributed by atoms with E-state index in [0.29, 0.717) is 50.5 Å². The van der Waals surface area contributed by atoms with Gasteiger partial charge in [-0.25, -0.2) is 0 Å². The van der Waals surface area contributed by atoms with Crippen LogP contribution in [0.5, 0.6) is 5.75 Å². The van der Waals surface area contributed by atoms with E-state index in [9.17, 15) is 15.0 Å². The Kier molecular flexibility index (Phi) is 7.12. The summed E-state index contributed by atoms with van der Waals surface area (Å²) in [5.41, 5.74) is 3.04. The highest BCUT2D eigenvalue weighted by atomic mass is 35.5. The van der Waals surface area contributed by atoms with Crippen molar-refractivity contribution in [1.29, 1.82) is 0 Å². The molecule has 0 aromatic heterocycles. The molecule has 1 saturated heterocycles. The highest BCUT2D eigenvalue weighted by Gasteiger charge is 2.50. The van der Waals surface area contributed by atoms with Crippen LogP contribution < -0.4 is 0 Å². The number of allylic oxidation sites excluding steroid dienone is 1. The lowest BCUT2D eigenvalue weighted by atomic mass is 9.53. The Morgan fingerprint density at radius 3 is 2.69 bits per heavy atom. The van der Waals surface area contributed by atoms with Crippen molar-refractivity contribution >= 4 is 23.6 Å². The molecule has 0 radical (unpaired) electrons. The SMILES string of the molecule is O=C(c1ccc(C=CC[C@]23CC[C@@](O)(C#CCl)C[C@@H]2CCc2cc(O)ccc23)cc1)N1CCOCC1. The summed E-state index contributed by atoms with van der Waals surface area (Å²) < 4.78 is 5.35. The second-order valence-electron chi connectivity index (χ2n) is 10.3. The normalized spacial score (nSPS) is 27.6. The first-order valence-corrected chi connectivity index (χ1v) is 13.1. The maximum absolute atomic E-state index is 12.7. The van der Waals surface area contributed by atoms with Crippen LogP contribution in [0.15, 0.2) is 48.5 Å². The number of aryl methyl sites for hydroxylation is 1. The van der Waals surface area contributed by atoms with Gasteiger partial charge in [0, 0.05) is 29.4 Å². The molecule has 1 saturated carbocycles. The van der Waals surface area contributed by atoms with Gasteiger partial charge in [0.25, 0.3) is 5.91 Å². The number of amides is 1. The van der Waals surface area contributed by atoms with Crippen molar-refractivity contribution in [1.82, 2.24) is 4.90 Å². The Hall–Kier alpha value is -2.78. The molecule has 2 N–H and O–H groups in total. The van der Waals surface area contributed by atoms with Crippen LogP contribution in [0.25, 0.3) is 6.08 Å². The number of carbonyl (C=O) groups is 1. The van der Waals surface area contributed by atoms with Crippen LogP contribution in [-0.4, -0.2) is 52.9 Å². The van der Waals surface area contributed by atoms with E-state index in [1.807, 2.05) is 35.2 Å². The lowest BCUT2D eigenvalue weighted by molar-refractivity contribution is -0.00710. The van der Waals surface area contributed by atoms with E-state index in [0.717, 1.165) is 31.2 Å². The molecule has 2 aromatic carbocycles. The summed E-state index contributed by atoms with van der Waals surface area (Å²) >= 11 is 5.67. The Morgan fingerprint density at radius 2 is 1.94 bits per heavy atom. The average molecular weight is 506 g/mol. The number of aromatic hydroxyl groups is 1. The number of carbonyl (C=O) groups excluding carboxylic acids is 1. The molecular formula is C30H32ClNO4. The predicted molar refractivity (Wildman–Crippen MR) is 141 cm³/mol. The quantitative estimate of drug-likeness (QED) is 0.581. The molecule has 5 nitrogen and oxygen atoms in total. The fraction of sp³-hybridized carbons (Fsp3) is 0.433. The fourth-order valence-electron chi connectivity index (χ4n) is 6.35. The van der Waals surface area contributed by atoms with Gasteiger partial charge in [0.2, 0.25) is 0 Å². The molecule has 1 heterocycles. The van der Waals surface area contributed by atoms with Crippen LogP contribution in [0.1, 0.15) is 59.2 Å². The molecule has 0 bridgehead atoms. The van der Waals surface area contributed by atoms with E-state index >= 15 is 0 Å². The van der Waals surface area contributed by atoms with Crippen LogP contribution in [0.3, 0.4) is 0 Å². The molecule has 2 aromatic rings. The van der Waals surface area contributed by atoms with Gasteiger partial charge >= 0.3 is 0 Å². The highest BCUT2D eigenvalue weighted by molar-refractivity contribution is 6.30. The first-order valence-electron chi connectivity index (χ1n) is 12.7. The van der Waals surface area contributed by atoms with Gasteiger partial charge in [-0.3, -0.25) is 4.79 Å². The van der Waals surface area contributed by atoms with Crippen molar-refractivity contribution in [2.45, 2.75) is 49.5 Å². The van der Waals surface area contributed by atoms with E-state index < -0.39 is 5.60 Å². The summed E-state index contributed by atoms with van der Waals surface area (Å²) in [5.74, 6) is 3.45. The zero-order valence-electron chi connectivity index (χ0n) is 20.4. The number of ether oxygens (including phenoxy) is 1. The lowest BCUT2D eigenvalue weighted by Crippen LogP contribution is -2.49. The standard InChI is InChI=1S/C30H32ClNO4/c31-15-14-29(35)12-13-30(25(21-29)8-7-24-20-26(33)9-10-27(24)30)11-1-2-22-3-5-23(6-4-22)28(34)32-16-18-36-19-17-32/h1-6,9-10,20,25,33,35H,7-8,11-13,16-19,21H2/t25-,29+,30-/m0/s1. The molecule has 1 aliphatic heterocycles. The van der Waals surface area contributed by atoms with Gasteiger partial charge < -0.3 is 19.8 Å². The third kappa shape index (κ3) is 4.91. The largest absolute Gasteiger partial charge is 0.508 e. The number of hydrogen-bond donors (Lipinski definition) is 2. The number of phenols is 1. The highest BCUT2D eigenvalue weighted by Crippen LogP contribution is 2.55. The molecule has 188 valence electrons. The number of phenolic OH excluding ortho intramolecular Hbond substituents is 1. The molecule has 2 aliphatic carbocycles. The summed E-state index contributed by atoms with van der Waals surface area (Å²) in [7, 11) is 0. The monoisotopic (exact) mass is 505 g/mol. The van der Waals surface area contributed by atoms with Crippen LogP contribution in [0.4, 0.5) is 0 Å². The Balaban J connectivity index is 1.36. The molecule has 1 amide bonds. The maximum Gasteiger partial charge on any atom is 0.254 e. The van der Waals surface area contributed by atoms with Crippen molar-refractivity contribution in [3.63, 3.8) is 0 Å². The molecule has 5 rings (SSSR count). The molecular weight excluding hydrogens is 474 g/mol. The molecule has 3 atom stereocenters. The smallest absolute Gasteiger partial charge is 0.254 e. The Bertz CT molecular complexity index is 1210. The van der Waals surface area contributed by atoms with Crippen LogP contribution in [0, 0.1) is 17.2 Å². The Labute approximate surface area is 217 Å². The van der Waals surface area contributed by atoms with Gasteiger partial charge in [0.1, 0.15) is 11.4 Å². The number of fused-ring (bicyclic) bond motifs is 3. The van der Waals surface area contributed by atoms with E-state index in [4.69, 9.17) is 16.3 Å². The minimum atomic E-state index is -1.04. The summed E-state index contributed by atoms with van der Waals surface area (Å²) in [6.45, 7) is 2.45. The maximum atomic E-state index is 12.7. The van der Waals surface area contributed by atoms with Crippen molar-refractivity contribution in [2.75, 3.05) is 26.3 Å². The van der Waals surface area contributed by atoms with Gasteiger partial charge in [0.05, 0.1) is 13.2 Å². The van der Waals surface area contributed by atoms with Gasteiger partial charge in [-0.15, -0.1) is 0 Å². The van der Waals surface area contributed by atoms with E-state index in [2.05, 4.69) is 29.5 Å². The number of aliphatic hydroxyl groups is 1. The molecule has 3 aliphatic rings. The Morgan fingerprint density at radius 1 is 1.17 bits per heavy atom. The molecule has 0 unspecified atom stereocenters.